The first-order valence-corrected chi connectivity index (χ1v) is 7.17. The molecule has 3 nitrogen and oxygen atoms in total. The largest absolute Gasteiger partial charge is 0.295 e. The molecule has 0 unspecified atom stereocenters. The van der Waals surface area contributed by atoms with E-state index >= 15 is 0 Å². The molecular formula is C14H11BrClN3. The Kier molecular flexibility index (Phi) is 3.29. The van der Waals surface area contributed by atoms with E-state index in [1.807, 2.05) is 12.1 Å². The van der Waals surface area contributed by atoms with Crippen molar-refractivity contribution in [2.45, 2.75) is 12.8 Å². The van der Waals surface area contributed by atoms with Gasteiger partial charge in [0.1, 0.15) is 11.3 Å². The van der Waals surface area contributed by atoms with Gasteiger partial charge in [0.05, 0.1) is 23.3 Å². The fraction of sp³-hybridized carbons (Fsp3) is 0.143. The third-order valence-corrected chi connectivity index (χ3v) is 3.78. The van der Waals surface area contributed by atoms with Crippen molar-refractivity contribution >= 4 is 38.6 Å². The number of aryl methyl sites for hydroxylation is 1. The Morgan fingerprint density at radius 2 is 2.16 bits per heavy atom. The van der Waals surface area contributed by atoms with Gasteiger partial charge in [-0.05, 0) is 36.8 Å². The molecule has 0 fully saturated rings. The van der Waals surface area contributed by atoms with E-state index in [1.165, 1.54) is 0 Å². The lowest BCUT2D eigenvalue weighted by molar-refractivity contribution is 0.972. The van der Waals surface area contributed by atoms with Gasteiger partial charge in [-0.15, -0.1) is 11.6 Å². The molecule has 3 aromatic rings. The highest BCUT2D eigenvalue weighted by Crippen LogP contribution is 2.26. The first-order valence-electron chi connectivity index (χ1n) is 5.84. The number of imidazole rings is 1. The summed E-state index contributed by atoms with van der Waals surface area (Å²) in [5.74, 6) is 1.19. The van der Waals surface area contributed by atoms with Crippen LogP contribution >= 0.6 is 27.5 Å². The number of pyridine rings is 1. The Balaban J connectivity index is 2.34. The molecule has 96 valence electrons. The van der Waals surface area contributed by atoms with Gasteiger partial charge in [-0.3, -0.25) is 9.55 Å². The van der Waals surface area contributed by atoms with Crippen molar-refractivity contribution in [3.05, 3.63) is 52.5 Å². The monoisotopic (exact) mass is 335 g/mol. The minimum absolute atomic E-state index is 0.365. The molecule has 0 saturated heterocycles. The Morgan fingerprint density at radius 1 is 1.32 bits per heavy atom. The summed E-state index contributed by atoms with van der Waals surface area (Å²) in [6, 6.07) is 8.13. The number of benzene rings is 1. The third-order valence-electron chi connectivity index (χ3n) is 3.05. The fourth-order valence-electron chi connectivity index (χ4n) is 2.21. The predicted molar refractivity (Wildman–Crippen MR) is 80.9 cm³/mol. The van der Waals surface area contributed by atoms with E-state index in [1.54, 1.807) is 12.4 Å². The van der Waals surface area contributed by atoms with E-state index in [2.05, 4.69) is 49.5 Å². The molecule has 0 N–H and O–H groups in total. The second-order valence-corrected chi connectivity index (χ2v) is 5.48. The average Bonchev–Trinajstić information content (AvgIpc) is 2.77. The maximum absolute atomic E-state index is 6.02. The molecule has 19 heavy (non-hydrogen) atoms. The van der Waals surface area contributed by atoms with Gasteiger partial charge in [0, 0.05) is 10.7 Å². The van der Waals surface area contributed by atoms with Crippen LogP contribution in [0.3, 0.4) is 0 Å². The lowest BCUT2D eigenvalue weighted by Crippen LogP contribution is -2.01. The summed E-state index contributed by atoms with van der Waals surface area (Å²) in [7, 11) is 0. The molecule has 0 atom stereocenters. The highest BCUT2D eigenvalue weighted by molar-refractivity contribution is 9.10. The number of hydrogen-bond donors (Lipinski definition) is 0. The van der Waals surface area contributed by atoms with Gasteiger partial charge in [-0.25, -0.2) is 4.98 Å². The third kappa shape index (κ3) is 2.15. The molecule has 0 aliphatic rings. The molecule has 3 rings (SSSR count). The van der Waals surface area contributed by atoms with E-state index in [0.717, 1.165) is 32.6 Å². The zero-order chi connectivity index (χ0) is 13.4. The van der Waals surface area contributed by atoms with Crippen LogP contribution in [0.5, 0.6) is 0 Å². The highest BCUT2D eigenvalue weighted by atomic mass is 79.9. The summed E-state index contributed by atoms with van der Waals surface area (Å²) in [4.78, 5) is 8.63. The maximum Gasteiger partial charge on any atom is 0.129 e. The molecule has 0 radical (unpaired) electrons. The van der Waals surface area contributed by atoms with Crippen molar-refractivity contribution in [2.24, 2.45) is 0 Å². The first-order chi connectivity index (χ1) is 9.20. The molecule has 0 amide bonds. The Bertz CT molecular complexity index is 752. The van der Waals surface area contributed by atoms with Crippen LogP contribution in [0.15, 0.2) is 41.1 Å². The van der Waals surface area contributed by atoms with Crippen LogP contribution in [-0.4, -0.2) is 14.5 Å². The van der Waals surface area contributed by atoms with E-state index in [9.17, 15) is 0 Å². The molecule has 2 heterocycles. The Morgan fingerprint density at radius 3 is 2.89 bits per heavy atom. The minimum Gasteiger partial charge on any atom is -0.295 e. The lowest BCUT2D eigenvalue weighted by Gasteiger charge is -2.11. The van der Waals surface area contributed by atoms with Crippen LogP contribution in [-0.2, 0) is 5.88 Å². The van der Waals surface area contributed by atoms with Crippen molar-refractivity contribution in [3.8, 4) is 5.69 Å². The number of hydrogen-bond acceptors (Lipinski definition) is 2. The number of nitrogens with zero attached hydrogens (tertiary/aromatic N) is 3. The minimum atomic E-state index is 0.365. The molecule has 0 saturated carbocycles. The van der Waals surface area contributed by atoms with Gasteiger partial charge in [0.2, 0.25) is 0 Å². The van der Waals surface area contributed by atoms with Crippen LogP contribution in [0.25, 0.3) is 16.7 Å². The lowest BCUT2D eigenvalue weighted by atomic mass is 10.2. The Hall–Kier alpha value is -1.39. The number of rotatable bonds is 2. The van der Waals surface area contributed by atoms with Gasteiger partial charge in [0.25, 0.3) is 0 Å². The van der Waals surface area contributed by atoms with Crippen LogP contribution in [0.4, 0.5) is 0 Å². The van der Waals surface area contributed by atoms with Crippen LogP contribution in [0.1, 0.15) is 11.4 Å². The molecule has 0 aliphatic heterocycles. The molecule has 1 aromatic carbocycles. The fourth-order valence-corrected chi connectivity index (χ4v) is 2.87. The summed E-state index contributed by atoms with van der Waals surface area (Å²) >= 11 is 9.51. The smallest absolute Gasteiger partial charge is 0.129 e. The highest BCUT2D eigenvalue weighted by Gasteiger charge is 2.13. The van der Waals surface area contributed by atoms with Crippen molar-refractivity contribution in [2.75, 3.05) is 0 Å². The predicted octanol–water partition coefficient (Wildman–Crippen LogP) is 4.23. The number of aromatic nitrogens is 3. The van der Waals surface area contributed by atoms with E-state index < -0.39 is 0 Å². The first kappa shape index (κ1) is 12.6. The summed E-state index contributed by atoms with van der Waals surface area (Å²) in [5, 5.41) is 0. The molecule has 5 heteroatoms. The van der Waals surface area contributed by atoms with Gasteiger partial charge in [-0.2, -0.15) is 0 Å². The van der Waals surface area contributed by atoms with Crippen LogP contribution < -0.4 is 0 Å². The quantitative estimate of drug-likeness (QED) is 0.656. The number of alkyl halides is 1. The van der Waals surface area contributed by atoms with Crippen molar-refractivity contribution in [3.63, 3.8) is 0 Å². The van der Waals surface area contributed by atoms with Crippen molar-refractivity contribution < 1.29 is 0 Å². The molecule has 0 spiro atoms. The SMILES string of the molecule is Cc1cc(Br)ccc1-n1c(CCl)nc2cnccc21. The second-order valence-electron chi connectivity index (χ2n) is 4.29. The van der Waals surface area contributed by atoms with Crippen molar-refractivity contribution in [1.29, 1.82) is 0 Å². The Labute approximate surface area is 124 Å². The van der Waals surface area contributed by atoms with Crippen LogP contribution in [0, 0.1) is 6.92 Å². The molecule has 2 aromatic heterocycles. The standard InChI is InChI=1S/C14H11BrClN3/c1-9-6-10(15)2-3-12(9)19-13-4-5-17-8-11(13)18-14(19)7-16/h2-6,8H,7H2,1H3. The van der Waals surface area contributed by atoms with E-state index in [-0.39, 0.29) is 0 Å². The summed E-state index contributed by atoms with van der Waals surface area (Å²) in [6.07, 6.45) is 3.53. The van der Waals surface area contributed by atoms with Gasteiger partial charge in [-0.1, -0.05) is 15.9 Å². The normalized spacial score (nSPS) is 11.1. The van der Waals surface area contributed by atoms with Gasteiger partial charge >= 0.3 is 0 Å². The van der Waals surface area contributed by atoms with Gasteiger partial charge < -0.3 is 0 Å². The van der Waals surface area contributed by atoms with Crippen LogP contribution in [0.2, 0.25) is 0 Å². The summed E-state index contributed by atoms with van der Waals surface area (Å²) in [5.41, 5.74) is 4.14. The summed E-state index contributed by atoms with van der Waals surface area (Å²) < 4.78 is 3.15. The maximum atomic E-state index is 6.02. The zero-order valence-corrected chi connectivity index (χ0v) is 12.6. The topological polar surface area (TPSA) is 30.7 Å². The molecule has 0 bridgehead atoms. The number of halogens is 2. The number of fused-ring (bicyclic) bond motifs is 1. The van der Waals surface area contributed by atoms with Crippen molar-refractivity contribution in [1.82, 2.24) is 14.5 Å². The summed E-state index contributed by atoms with van der Waals surface area (Å²) in [6.45, 7) is 2.07. The van der Waals surface area contributed by atoms with E-state index in [4.69, 9.17) is 11.6 Å². The van der Waals surface area contributed by atoms with E-state index in [0.29, 0.717) is 5.88 Å². The molecular weight excluding hydrogens is 326 g/mol. The zero-order valence-electron chi connectivity index (χ0n) is 10.3. The van der Waals surface area contributed by atoms with Gasteiger partial charge in [0.15, 0.2) is 0 Å². The molecule has 0 aliphatic carbocycles. The average molecular weight is 337 g/mol. The second kappa shape index (κ2) is 4.94.